The number of piperazine rings is 1. The van der Waals surface area contributed by atoms with E-state index in [4.69, 9.17) is 9.15 Å². The van der Waals surface area contributed by atoms with Crippen LogP contribution in [0.5, 0.6) is 5.75 Å². The van der Waals surface area contributed by atoms with E-state index in [2.05, 4.69) is 22.9 Å². The van der Waals surface area contributed by atoms with Crippen LogP contribution < -0.4 is 4.74 Å². The third kappa shape index (κ3) is 4.34. The number of nitrogens with zero attached hydrogens (tertiary/aromatic N) is 2. The lowest BCUT2D eigenvalue weighted by atomic mass is 9.96. The maximum absolute atomic E-state index is 10.3. The SMILES string of the molecule is CN1CCN(CC(O)COc2ccc3oc4c(c3c2)CCCC4)CC1.Cl. The molecule has 1 unspecified atom stereocenters. The van der Waals surface area contributed by atoms with Gasteiger partial charge in [-0.15, -0.1) is 12.4 Å². The number of halogens is 1. The van der Waals surface area contributed by atoms with Gasteiger partial charge in [-0.05, 0) is 44.5 Å². The number of β-amino-alcohol motifs (C(OH)–C–C–N with tert-alkyl or cyclic N) is 1. The number of fused-ring (bicyclic) bond motifs is 3. The summed E-state index contributed by atoms with van der Waals surface area (Å²) in [6.45, 7) is 5.17. The fourth-order valence-corrected chi connectivity index (χ4v) is 3.91. The molecule has 1 aliphatic heterocycles. The Morgan fingerprint density at radius 2 is 1.92 bits per heavy atom. The van der Waals surface area contributed by atoms with Crippen molar-refractivity contribution in [2.45, 2.75) is 31.8 Å². The Bertz CT molecular complexity index is 725. The molecule has 1 fully saturated rings. The number of benzene rings is 1. The third-order valence-electron chi connectivity index (χ3n) is 5.43. The molecule has 1 saturated heterocycles. The van der Waals surface area contributed by atoms with Crippen LogP contribution in [0.2, 0.25) is 0 Å². The predicted molar refractivity (Wildman–Crippen MR) is 106 cm³/mol. The lowest BCUT2D eigenvalue weighted by Crippen LogP contribution is -2.47. The molecule has 6 heteroatoms. The summed E-state index contributed by atoms with van der Waals surface area (Å²) in [4.78, 5) is 4.63. The number of aliphatic hydroxyl groups is 1. The molecule has 2 heterocycles. The molecule has 2 aromatic rings. The van der Waals surface area contributed by atoms with Crippen LogP contribution in [0.3, 0.4) is 0 Å². The smallest absolute Gasteiger partial charge is 0.134 e. The fourth-order valence-electron chi connectivity index (χ4n) is 3.91. The zero-order valence-corrected chi connectivity index (χ0v) is 16.3. The lowest BCUT2D eigenvalue weighted by Gasteiger charge is -2.33. The molecule has 1 aromatic heterocycles. The minimum absolute atomic E-state index is 0. The summed E-state index contributed by atoms with van der Waals surface area (Å²) in [7, 11) is 2.14. The Hall–Kier alpha value is -1.27. The molecule has 144 valence electrons. The third-order valence-corrected chi connectivity index (χ3v) is 5.43. The molecule has 26 heavy (non-hydrogen) atoms. The van der Waals surface area contributed by atoms with Gasteiger partial charge in [0.05, 0.1) is 0 Å². The van der Waals surface area contributed by atoms with Gasteiger partial charge in [0, 0.05) is 50.1 Å². The molecular formula is C20H29ClN2O3. The van der Waals surface area contributed by atoms with E-state index in [0.29, 0.717) is 13.2 Å². The van der Waals surface area contributed by atoms with Crippen molar-refractivity contribution >= 4 is 23.4 Å². The highest BCUT2D eigenvalue weighted by atomic mass is 35.5. The van der Waals surface area contributed by atoms with Gasteiger partial charge < -0.3 is 19.2 Å². The van der Waals surface area contributed by atoms with E-state index < -0.39 is 6.10 Å². The molecule has 5 nitrogen and oxygen atoms in total. The molecule has 4 rings (SSSR count). The van der Waals surface area contributed by atoms with Crippen molar-refractivity contribution in [1.82, 2.24) is 9.80 Å². The van der Waals surface area contributed by atoms with Crippen molar-refractivity contribution in [1.29, 1.82) is 0 Å². The second-order valence-corrected chi connectivity index (χ2v) is 7.44. The highest BCUT2D eigenvalue weighted by Crippen LogP contribution is 2.33. The number of rotatable bonds is 5. The number of aliphatic hydroxyl groups excluding tert-OH is 1. The average Bonchev–Trinajstić information content (AvgIpc) is 3.00. The maximum Gasteiger partial charge on any atom is 0.134 e. The number of likely N-dealkylation sites (N-methyl/N-ethyl adjacent to an activating group) is 1. The van der Waals surface area contributed by atoms with E-state index in [9.17, 15) is 5.11 Å². The number of hydrogen-bond acceptors (Lipinski definition) is 5. The van der Waals surface area contributed by atoms with Gasteiger partial charge in [0.25, 0.3) is 0 Å². The molecule has 1 aliphatic carbocycles. The van der Waals surface area contributed by atoms with Crippen molar-refractivity contribution in [3.05, 3.63) is 29.5 Å². The topological polar surface area (TPSA) is 49.1 Å². The molecule has 1 atom stereocenters. The number of aryl methyl sites for hydroxylation is 2. The van der Waals surface area contributed by atoms with E-state index in [1.807, 2.05) is 12.1 Å². The second kappa shape index (κ2) is 8.61. The molecule has 0 amide bonds. The van der Waals surface area contributed by atoms with E-state index in [-0.39, 0.29) is 12.4 Å². The van der Waals surface area contributed by atoms with Crippen LogP contribution in [0.25, 0.3) is 11.0 Å². The molecule has 1 N–H and O–H groups in total. The van der Waals surface area contributed by atoms with Crippen molar-refractivity contribution in [2.24, 2.45) is 0 Å². The average molecular weight is 381 g/mol. The summed E-state index contributed by atoms with van der Waals surface area (Å²) in [5, 5.41) is 11.5. The van der Waals surface area contributed by atoms with E-state index >= 15 is 0 Å². The number of hydrogen-bond donors (Lipinski definition) is 1. The number of ether oxygens (including phenoxy) is 1. The molecule has 0 bridgehead atoms. The van der Waals surface area contributed by atoms with E-state index in [1.165, 1.54) is 23.8 Å². The summed E-state index contributed by atoms with van der Waals surface area (Å²) in [6.07, 6.45) is 4.13. The van der Waals surface area contributed by atoms with Gasteiger partial charge in [-0.2, -0.15) is 0 Å². The molecule has 0 saturated carbocycles. The summed E-state index contributed by atoms with van der Waals surface area (Å²) in [5.74, 6) is 1.97. The monoisotopic (exact) mass is 380 g/mol. The van der Waals surface area contributed by atoms with Gasteiger partial charge in [-0.3, -0.25) is 4.90 Å². The molecule has 2 aliphatic rings. The Labute approximate surface area is 161 Å². The zero-order chi connectivity index (χ0) is 17.2. The number of furan rings is 1. The van der Waals surface area contributed by atoms with Crippen LogP contribution >= 0.6 is 12.4 Å². The van der Waals surface area contributed by atoms with Crippen molar-refractivity contribution < 1.29 is 14.3 Å². The fraction of sp³-hybridized carbons (Fsp3) is 0.600. The highest BCUT2D eigenvalue weighted by Gasteiger charge is 2.19. The van der Waals surface area contributed by atoms with E-state index in [0.717, 1.165) is 56.1 Å². The predicted octanol–water partition coefficient (Wildman–Crippen LogP) is 2.72. The summed E-state index contributed by atoms with van der Waals surface area (Å²) < 4.78 is 11.8. The van der Waals surface area contributed by atoms with E-state index in [1.54, 1.807) is 0 Å². The Balaban J connectivity index is 0.00000196. The lowest BCUT2D eigenvalue weighted by molar-refractivity contribution is 0.0505. The maximum atomic E-state index is 10.3. The van der Waals surface area contributed by atoms with Gasteiger partial charge >= 0.3 is 0 Å². The normalized spacial score (nSPS) is 19.8. The Morgan fingerprint density at radius 3 is 2.73 bits per heavy atom. The minimum Gasteiger partial charge on any atom is -0.491 e. The summed E-state index contributed by atoms with van der Waals surface area (Å²) in [6, 6.07) is 6.02. The minimum atomic E-state index is -0.461. The van der Waals surface area contributed by atoms with Crippen LogP contribution in [0.1, 0.15) is 24.2 Å². The van der Waals surface area contributed by atoms with Crippen molar-refractivity contribution in [3.63, 3.8) is 0 Å². The summed E-state index contributed by atoms with van der Waals surface area (Å²) in [5.41, 5.74) is 2.31. The van der Waals surface area contributed by atoms with Gasteiger partial charge in [0.1, 0.15) is 29.8 Å². The quantitative estimate of drug-likeness (QED) is 0.864. The van der Waals surface area contributed by atoms with Crippen LogP contribution in [0.15, 0.2) is 22.6 Å². The molecule has 0 radical (unpaired) electrons. The first kappa shape index (κ1) is 19.5. The van der Waals surface area contributed by atoms with Crippen LogP contribution in [-0.4, -0.2) is 67.4 Å². The standard InChI is InChI=1S/C20H28N2O3.ClH/c1-21-8-10-22(11-9-21)13-15(23)14-24-16-6-7-20-18(12-16)17-4-2-3-5-19(17)25-20;/h6-7,12,15,23H,2-5,8-11,13-14H2,1H3;1H. The first-order valence-corrected chi connectivity index (χ1v) is 9.45. The van der Waals surface area contributed by atoms with Gasteiger partial charge in [0.2, 0.25) is 0 Å². The van der Waals surface area contributed by atoms with Crippen LogP contribution in [0, 0.1) is 0 Å². The van der Waals surface area contributed by atoms with Crippen LogP contribution in [-0.2, 0) is 12.8 Å². The first-order valence-electron chi connectivity index (χ1n) is 9.45. The molecular weight excluding hydrogens is 352 g/mol. The Kier molecular flexibility index (Phi) is 6.46. The van der Waals surface area contributed by atoms with Crippen LogP contribution in [0.4, 0.5) is 0 Å². The molecule has 0 spiro atoms. The van der Waals surface area contributed by atoms with Crippen molar-refractivity contribution in [3.8, 4) is 5.75 Å². The van der Waals surface area contributed by atoms with Crippen molar-refractivity contribution in [2.75, 3.05) is 46.4 Å². The molecule has 1 aromatic carbocycles. The Morgan fingerprint density at radius 1 is 1.15 bits per heavy atom. The second-order valence-electron chi connectivity index (χ2n) is 7.44. The summed E-state index contributed by atoms with van der Waals surface area (Å²) >= 11 is 0. The largest absolute Gasteiger partial charge is 0.491 e. The van der Waals surface area contributed by atoms with Gasteiger partial charge in [-0.25, -0.2) is 0 Å². The first-order chi connectivity index (χ1) is 12.2. The highest BCUT2D eigenvalue weighted by molar-refractivity contribution is 5.85. The zero-order valence-electron chi connectivity index (χ0n) is 15.4. The van der Waals surface area contributed by atoms with Gasteiger partial charge in [0.15, 0.2) is 0 Å². The van der Waals surface area contributed by atoms with Gasteiger partial charge in [-0.1, -0.05) is 0 Å².